The Labute approximate surface area is 140 Å². The van der Waals surface area contributed by atoms with Crippen molar-refractivity contribution in [1.29, 1.82) is 0 Å². The summed E-state index contributed by atoms with van der Waals surface area (Å²) in [5, 5.41) is 9.36. The van der Waals surface area contributed by atoms with E-state index in [0.717, 1.165) is 47.8 Å². The van der Waals surface area contributed by atoms with E-state index < -0.39 is 0 Å². The molecule has 2 heterocycles. The number of aromatic nitrogens is 1. The number of hydrogen-bond donors (Lipinski definition) is 2. The summed E-state index contributed by atoms with van der Waals surface area (Å²) in [5.41, 5.74) is 2.83. The van der Waals surface area contributed by atoms with Crippen molar-refractivity contribution in [2.45, 2.75) is 32.2 Å². The van der Waals surface area contributed by atoms with Crippen LogP contribution in [0.3, 0.4) is 0 Å². The Morgan fingerprint density at radius 2 is 2.27 bits per heavy atom. The van der Waals surface area contributed by atoms with Crippen LogP contribution in [0.2, 0.25) is 0 Å². The van der Waals surface area contributed by atoms with Gasteiger partial charge in [0.2, 0.25) is 5.91 Å². The summed E-state index contributed by atoms with van der Waals surface area (Å²) in [6.07, 6.45) is 3.18. The zero-order valence-electron chi connectivity index (χ0n) is 12.5. The summed E-state index contributed by atoms with van der Waals surface area (Å²) in [4.78, 5) is 16.7. The van der Waals surface area contributed by atoms with Crippen molar-refractivity contribution < 1.29 is 4.79 Å². The van der Waals surface area contributed by atoms with E-state index in [0.29, 0.717) is 0 Å². The zero-order valence-corrected chi connectivity index (χ0v) is 14.1. The Morgan fingerprint density at radius 3 is 2.95 bits per heavy atom. The van der Waals surface area contributed by atoms with Crippen LogP contribution in [0, 0.1) is 6.92 Å². The van der Waals surface area contributed by atoms with Gasteiger partial charge in [-0.15, -0.1) is 23.7 Å². The van der Waals surface area contributed by atoms with Gasteiger partial charge in [0.1, 0.15) is 0 Å². The van der Waals surface area contributed by atoms with Crippen LogP contribution in [0.1, 0.15) is 24.3 Å². The van der Waals surface area contributed by atoms with Gasteiger partial charge in [0, 0.05) is 16.6 Å². The molecular weight excluding hydrogens is 318 g/mol. The number of carbonyl (C=O) groups is 1. The Hall–Kier alpha value is -1.43. The van der Waals surface area contributed by atoms with E-state index in [-0.39, 0.29) is 24.4 Å². The van der Waals surface area contributed by atoms with Crippen LogP contribution in [0.5, 0.6) is 0 Å². The molecule has 1 aliphatic heterocycles. The highest BCUT2D eigenvalue weighted by atomic mass is 35.5. The summed E-state index contributed by atoms with van der Waals surface area (Å²) in [7, 11) is 0. The number of nitrogens with one attached hydrogen (secondary N) is 2. The number of carbonyl (C=O) groups excluding carboxylic acids is 1. The Kier molecular flexibility index (Phi) is 5.94. The summed E-state index contributed by atoms with van der Waals surface area (Å²) in [5.74, 6) is 0.0568. The quantitative estimate of drug-likeness (QED) is 0.899. The number of hydrogen-bond acceptors (Lipinski definition) is 4. The smallest absolute Gasteiger partial charge is 0.241 e. The van der Waals surface area contributed by atoms with E-state index in [9.17, 15) is 4.79 Å². The molecule has 0 saturated carbocycles. The molecule has 1 atom stereocenters. The van der Waals surface area contributed by atoms with Crippen LogP contribution in [-0.4, -0.2) is 23.5 Å². The minimum atomic E-state index is -0.0658. The maximum absolute atomic E-state index is 12.2. The second-order valence-electron chi connectivity index (χ2n) is 5.32. The third-order valence-corrected chi connectivity index (χ3v) is 4.45. The molecule has 6 heteroatoms. The molecule has 3 rings (SSSR count). The van der Waals surface area contributed by atoms with Gasteiger partial charge in [0.25, 0.3) is 0 Å². The molecule has 2 aromatic rings. The van der Waals surface area contributed by atoms with Crippen LogP contribution in [0.25, 0.3) is 11.3 Å². The molecule has 1 aliphatic rings. The van der Waals surface area contributed by atoms with Crippen molar-refractivity contribution in [3.8, 4) is 11.3 Å². The number of rotatable bonds is 3. The SMILES string of the molecule is Cc1nc(-c2cccc(NC(=O)[C@H]3CCCCN3)c2)cs1.Cl. The van der Waals surface area contributed by atoms with Gasteiger partial charge in [-0.05, 0) is 38.4 Å². The van der Waals surface area contributed by atoms with Gasteiger partial charge in [0.15, 0.2) is 0 Å². The number of thiazole rings is 1. The molecule has 1 aromatic carbocycles. The van der Waals surface area contributed by atoms with Crippen LogP contribution in [0.15, 0.2) is 29.6 Å². The van der Waals surface area contributed by atoms with Gasteiger partial charge < -0.3 is 10.6 Å². The third kappa shape index (κ3) is 4.06. The molecule has 0 aliphatic carbocycles. The minimum absolute atomic E-state index is 0. The van der Waals surface area contributed by atoms with Crippen LogP contribution >= 0.6 is 23.7 Å². The molecule has 0 spiro atoms. The predicted octanol–water partition coefficient (Wildman–Crippen LogP) is 3.62. The molecule has 1 aromatic heterocycles. The third-order valence-electron chi connectivity index (χ3n) is 3.67. The molecule has 1 amide bonds. The predicted molar refractivity (Wildman–Crippen MR) is 93.8 cm³/mol. The summed E-state index contributed by atoms with van der Waals surface area (Å²) < 4.78 is 0. The average molecular weight is 338 g/mol. The lowest BCUT2D eigenvalue weighted by atomic mass is 10.0. The zero-order chi connectivity index (χ0) is 14.7. The van der Waals surface area contributed by atoms with E-state index in [1.54, 1.807) is 11.3 Å². The topological polar surface area (TPSA) is 54.0 Å². The highest BCUT2D eigenvalue weighted by molar-refractivity contribution is 7.09. The van der Waals surface area contributed by atoms with Crippen LogP contribution in [-0.2, 0) is 4.79 Å². The van der Waals surface area contributed by atoms with Crippen molar-refractivity contribution in [2.24, 2.45) is 0 Å². The number of aryl methyl sites for hydroxylation is 1. The highest BCUT2D eigenvalue weighted by Gasteiger charge is 2.20. The summed E-state index contributed by atoms with van der Waals surface area (Å²) >= 11 is 1.63. The molecule has 0 bridgehead atoms. The molecule has 1 saturated heterocycles. The van der Waals surface area contributed by atoms with Crippen molar-refractivity contribution in [2.75, 3.05) is 11.9 Å². The van der Waals surface area contributed by atoms with E-state index in [4.69, 9.17) is 0 Å². The van der Waals surface area contributed by atoms with Gasteiger partial charge in [-0.2, -0.15) is 0 Å². The number of nitrogens with zero attached hydrogens (tertiary/aromatic N) is 1. The Balaban J connectivity index is 0.00000176. The number of halogens is 1. The number of piperidine rings is 1. The Morgan fingerprint density at radius 1 is 1.41 bits per heavy atom. The maximum Gasteiger partial charge on any atom is 0.241 e. The summed E-state index contributed by atoms with van der Waals surface area (Å²) in [6, 6.07) is 7.80. The first-order chi connectivity index (χ1) is 10.2. The van der Waals surface area contributed by atoms with Crippen LogP contribution < -0.4 is 10.6 Å². The molecule has 2 N–H and O–H groups in total. The highest BCUT2D eigenvalue weighted by Crippen LogP contribution is 2.24. The minimum Gasteiger partial charge on any atom is -0.325 e. The van der Waals surface area contributed by atoms with E-state index in [1.807, 2.05) is 36.6 Å². The van der Waals surface area contributed by atoms with Crippen LogP contribution in [0.4, 0.5) is 5.69 Å². The fourth-order valence-electron chi connectivity index (χ4n) is 2.56. The van der Waals surface area contributed by atoms with Crippen molar-refractivity contribution in [1.82, 2.24) is 10.3 Å². The molecule has 0 radical (unpaired) electrons. The largest absolute Gasteiger partial charge is 0.325 e. The van der Waals surface area contributed by atoms with Crippen molar-refractivity contribution in [3.05, 3.63) is 34.7 Å². The fraction of sp³-hybridized carbons (Fsp3) is 0.375. The molecule has 118 valence electrons. The molecular formula is C16H20ClN3OS. The van der Waals surface area contributed by atoms with Gasteiger partial charge in [-0.25, -0.2) is 4.98 Å². The maximum atomic E-state index is 12.2. The lowest BCUT2D eigenvalue weighted by Crippen LogP contribution is -2.43. The molecule has 4 nitrogen and oxygen atoms in total. The lowest BCUT2D eigenvalue weighted by molar-refractivity contribution is -0.118. The van der Waals surface area contributed by atoms with E-state index in [2.05, 4.69) is 15.6 Å². The molecule has 1 fully saturated rings. The van der Waals surface area contributed by atoms with E-state index >= 15 is 0 Å². The first-order valence-corrected chi connectivity index (χ1v) is 8.17. The second kappa shape index (κ2) is 7.72. The van der Waals surface area contributed by atoms with Gasteiger partial charge in [-0.3, -0.25) is 4.79 Å². The van der Waals surface area contributed by atoms with Gasteiger partial charge in [0.05, 0.1) is 16.7 Å². The number of amides is 1. The Bertz CT molecular complexity index is 638. The summed E-state index contributed by atoms with van der Waals surface area (Å²) in [6.45, 7) is 2.92. The fourth-order valence-corrected chi connectivity index (χ4v) is 3.18. The number of benzene rings is 1. The average Bonchev–Trinajstić information content (AvgIpc) is 2.95. The van der Waals surface area contributed by atoms with Crippen molar-refractivity contribution >= 4 is 35.3 Å². The first-order valence-electron chi connectivity index (χ1n) is 7.29. The molecule has 0 unspecified atom stereocenters. The lowest BCUT2D eigenvalue weighted by Gasteiger charge is -2.22. The standard InChI is InChI=1S/C16H19N3OS.ClH/c1-11-18-15(10-21-11)12-5-4-6-13(9-12)19-16(20)14-7-2-3-8-17-14;/h4-6,9-10,14,17H,2-3,7-8H2,1H3,(H,19,20);1H/t14-;/m1./s1. The van der Waals surface area contributed by atoms with Crippen molar-refractivity contribution in [3.63, 3.8) is 0 Å². The van der Waals surface area contributed by atoms with Gasteiger partial charge >= 0.3 is 0 Å². The number of anilines is 1. The normalized spacial score (nSPS) is 17.6. The monoisotopic (exact) mass is 337 g/mol. The van der Waals surface area contributed by atoms with Gasteiger partial charge in [-0.1, -0.05) is 18.6 Å². The molecule has 22 heavy (non-hydrogen) atoms. The second-order valence-corrected chi connectivity index (χ2v) is 6.39. The van der Waals surface area contributed by atoms with E-state index in [1.165, 1.54) is 0 Å². The first kappa shape index (κ1) is 16.9.